The largest absolute Gasteiger partial charge is 0.329 e. The van der Waals surface area contributed by atoms with E-state index in [1.807, 2.05) is 19.9 Å². The van der Waals surface area contributed by atoms with Crippen molar-refractivity contribution in [3.63, 3.8) is 0 Å². The second kappa shape index (κ2) is 5.47. The van der Waals surface area contributed by atoms with Crippen LogP contribution in [-0.2, 0) is 16.1 Å². The van der Waals surface area contributed by atoms with Gasteiger partial charge in [-0.05, 0) is 50.3 Å². The zero-order valence-electron chi connectivity index (χ0n) is 12.6. The van der Waals surface area contributed by atoms with E-state index in [1.54, 1.807) is 22.2 Å². The number of carbonyl (C=O) groups excluding carboxylic acids is 2. The van der Waals surface area contributed by atoms with Crippen molar-refractivity contribution < 1.29 is 9.59 Å². The molecule has 1 aromatic heterocycles. The van der Waals surface area contributed by atoms with Gasteiger partial charge >= 0.3 is 0 Å². The van der Waals surface area contributed by atoms with Crippen LogP contribution in [0.25, 0.3) is 0 Å². The van der Waals surface area contributed by atoms with E-state index in [0.29, 0.717) is 6.54 Å². The summed E-state index contributed by atoms with van der Waals surface area (Å²) in [6, 6.07) is 1.30. The molecule has 2 amide bonds. The first kappa shape index (κ1) is 14.0. The normalized spacial score (nSPS) is 26.0. The van der Waals surface area contributed by atoms with Gasteiger partial charge in [-0.25, -0.2) is 0 Å². The van der Waals surface area contributed by atoms with Gasteiger partial charge < -0.3 is 9.80 Å². The Kier molecular flexibility index (Phi) is 3.66. The number of hydrogen-bond donors (Lipinski definition) is 0. The molecule has 3 rings (SSSR count). The highest BCUT2D eigenvalue weighted by Gasteiger charge is 2.44. The van der Waals surface area contributed by atoms with Gasteiger partial charge in [0.15, 0.2) is 0 Å². The summed E-state index contributed by atoms with van der Waals surface area (Å²) in [5.74, 6) is 0.172. The molecule has 5 heteroatoms. The van der Waals surface area contributed by atoms with Crippen molar-refractivity contribution in [2.75, 3.05) is 6.54 Å². The monoisotopic (exact) mass is 287 g/mol. The van der Waals surface area contributed by atoms with E-state index >= 15 is 0 Å². The number of piperidine rings is 1. The summed E-state index contributed by atoms with van der Waals surface area (Å²) in [5, 5.41) is 0. The third kappa shape index (κ3) is 2.41. The van der Waals surface area contributed by atoms with Gasteiger partial charge in [-0.1, -0.05) is 0 Å². The van der Waals surface area contributed by atoms with Crippen molar-refractivity contribution >= 4 is 11.8 Å². The van der Waals surface area contributed by atoms with E-state index in [1.165, 1.54) is 0 Å². The number of piperazine rings is 1. The average molecular weight is 287 g/mol. The summed E-state index contributed by atoms with van der Waals surface area (Å²) in [6.07, 6.45) is 6.35. The molecule has 1 aromatic rings. The van der Waals surface area contributed by atoms with Crippen LogP contribution in [-0.4, -0.2) is 45.2 Å². The quantitative estimate of drug-likeness (QED) is 0.828. The minimum absolute atomic E-state index is 0.0841. The Balaban J connectivity index is 1.86. The molecule has 2 atom stereocenters. The highest BCUT2D eigenvalue weighted by atomic mass is 16.2. The summed E-state index contributed by atoms with van der Waals surface area (Å²) in [6.45, 7) is 5.02. The summed E-state index contributed by atoms with van der Waals surface area (Å²) in [5.41, 5.74) is 2.11. The van der Waals surface area contributed by atoms with Crippen LogP contribution in [0.5, 0.6) is 0 Å². The molecule has 0 radical (unpaired) electrons. The Morgan fingerprint density at radius 2 is 2.10 bits per heavy atom. The molecule has 2 aliphatic heterocycles. The Hall–Kier alpha value is -1.91. The predicted octanol–water partition coefficient (Wildman–Crippen LogP) is 1.50. The minimum atomic E-state index is -0.383. The number of aromatic nitrogens is 1. The van der Waals surface area contributed by atoms with Crippen LogP contribution in [0.2, 0.25) is 0 Å². The second-order valence-corrected chi connectivity index (χ2v) is 5.99. The summed E-state index contributed by atoms with van der Waals surface area (Å²) >= 11 is 0. The number of carbonyl (C=O) groups is 2. The van der Waals surface area contributed by atoms with Gasteiger partial charge in [0.1, 0.15) is 12.1 Å². The number of aryl methyl sites for hydroxylation is 1. The van der Waals surface area contributed by atoms with Crippen LogP contribution in [0.3, 0.4) is 0 Å². The van der Waals surface area contributed by atoms with Crippen molar-refractivity contribution in [2.45, 2.75) is 51.7 Å². The van der Waals surface area contributed by atoms with Crippen molar-refractivity contribution in [3.05, 3.63) is 29.6 Å². The Bertz CT molecular complexity index is 572. The van der Waals surface area contributed by atoms with E-state index in [-0.39, 0.29) is 23.9 Å². The van der Waals surface area contributed by atoms with Gasteiger partial charge in [-0.15, -0.1) is 0 Å². The lowest BCUT2D eigenvalue weighted by molar-refractivity contribution is -0.163. The fraction of sp³-hybridized carbons (Fsp3) is 0.562. The number of nitrogens with zero attached hydrogens (tertiary/aromatic N) is 3. The molecule has 2 aliphatic rings. The van der Waals surface area contributed by atoms with E-state index in [2.05, 4.69) is 4.98 Å². The Morgan fingerprint density at radius 3 is 2.86 bits per heavy atom. The summed E-state index contributed by atoms with van der Waals surface area (Å²) in [7, 11) is 0. The highest BCUT2D eigenvalue weighted by molar-refractivity contribution is 5.96. The number of fused-ring (bicyclic) bond motifs is 1. The van der Waals surface area contributed by atoms with E-state index in [9.17, 15) is 9.59 Å². The third-order valence-electron chi connectivity index (χ3n) is 4.67. The van der Waals surface area contributed by atoms with Crippen LogP contribution in [0.4, 0.5) is 0 Å². The molecule has 112 valence electrons. The molecule has 0 saturated carbocycles. The van der Waals surface area contributed by atoms with Crippen LogP contribution >= 0.6 is 0 Å². The van der Waals surface area contributed by atoms with Crippen LogP contribution in [0, 0.1) is 6.92 Å². The lowest BCUT2D eigenvalue weighted by Gasteiger charge is -2.46. The first-order valence-corrected chi connectivity index (χ1v) is 7.60. The molecule has 0 N–H and O–H groups in total. The molecule has 0 aliphatic carbocycles. The van der Waals surface area contributed by atoms with Gasteiger partial charge in [-0.2, -0.15) is 0 Å². The maximum Gasteiger partial charge on any atom is 0.246 e. The molecular formula is C16H21N3O2. The molecular weight excluding hydrogens is 266 g/mol. The van der Waals surface area contributed by atoms with Crippen molar-refractivity contribution in [1.29, 1.82) is 0 Å². The zero-order valence-corrected chi connectivity index (χ0v) is 12.6. The SMILES string of the molecule is Cc1ccncc1CN1C(=O)C2CCCCN2C(=O)C1C. The number of rotatable bonds is 2. The lowest BCUT2D eigenvalue weighted by Crippen LogP contribution is -2.64. The average Bonchev–Trinajstić information content (AvgIpc) is 2.51. The smallest absolute Gasteiger partial charge is 0.246 e. The van der Waals surface area contributed by atoms with Gasteiger partial charge in [0.25, 0.3) is 0 Å². The predicted molar refractivity (Wildman–Crippen MR) is 78.3 cm³/mol. The van der Waals surface area contributed by atoms with Gasteiger partial charge in [0, 0.05) is 25.5 Å². The maximum atomic E-state index is 12.7. The third-order valence-corrected chi connectivity index (χ3v) is 4.67. The summed E-state index contributed by atoms with van der Waals surface area (Å²) < 4.78 is 0. The van der Waals surface area contributed by atoms with E-state index in [0.717, 1.165) is 36.9 Å². The molecule has 0 spiro atoms. The van der Waals surface area contributed by atoms with Crippen LogP contribution < -0.4 is 0 Å². The topological polar surface area (TPSA) is 53.5 Å². The fourth-order valence-corrected chi connectivity index (χ4v) is 3.27. The Morgan fingerprint density at radius 1 is 1.29 bits per heavy atom. The molecule has 3 heterocycles. The molecule has 2 saturated heterocycles. The standard InChI is InChI=1S/C16H21N3O2/c1-11-6-7-17-9-13(11)10-19-12(2)15(20)18-8-4-3-5-14(18)16(19)21/h6-7,9,12,14H,3-5,8,10H2,1-2H3. The zero-order chi connectivity index (χ0) is 15.0. The highest BCUT2D eigenvalue weighted by Crippen LogP contribution is 2.27. The first-order chi connectivity index (χ1) is 10.1. The molecule has 5 nitrogen and oxygen atoms in total. The fourth-order valence-electron chi connectivity index (χ4n) is 3.27. The van der Waals surface area contributed by atoms with E-state index in [4.69, 9.17) is 0 Å². The number of pyridine rings is 1. The van der Waals surface area contributed by atoms with Crippen molar-refractivity contribution in [1.82, 2.24) is 14.8 Å². The van der Waals surface area contributed by atoms with E-state index < -0.39 is 0 Å². The Labute approximate surface area is 124 Å². The van der Waals surface area contributed by atoms with Crippen LogP contribution in [0.15, 0.2) is 18.5 Å². The molecule has 2 unspecified atom stereocenters. The first-order valence-electron chi connectivity index (χ1n) is 7.60. The van der Waals surface area contributed by atoms with Crippen molar-refractivity contribution in [3.8, 4) is 0 Å². The molecule has 2 fully saturated rings. The lowest BCUT2D eigenvalue weighted by atomic mass is 9.95. The minimum Gasteiger partial charge on any atom is -0.329 e. The molecule has 21 heavy (non-hydrogen) atoms. The molecule has 0 aromatic carbocycles. The van der Waals surface area contributed by atoms with Crippen molar-refractivity contribution in [2.24, 2.45) is 0 Å². The number of amides is 2. The molecule has 0 bridgehead atoms. The van der Waals surface area contributed by atoms with Gasteiger partial charge in [-0.3, -0.25) is 14.6 Å². The second-order valence-electron chi connectivity index (χ2n) is 5.99. The maximum absolute atomic E-state index is 12.7. The number of hydrogen-bond acceptors (Lipinski definition) is 3. The summed E-state index contributed by atoms with van der Waals surface area (Å²) in [4.78, 5) is 32.9. The van der Waals surface area contributed by atoms with Gasteiger partial charge in [0.05, 0.1) is 0 Å². The van der Waals surface area contributed by atoms with Crippen LogP contribution in [0.1, 0.15) is 37.3 Å². The van der Waals surface area contributed by atoms with Gasteiger partial charge in [0.2, 0.25) is 11.8 Å².